The van der Waals surface area contributed by atoms with Crippen LogP contribution in [0.1, 0.15) is 59.3 Å². The lowest BCUT2D eigenvalue weighted by Gasteiger charge is -2.44. The number of rotatable bonds is 4. The Bertz CT molecular complexity index is 632. The Morgan fingerprint density at radius 1 is 1.00 bits per heavy atom. The van der Waals surface area contributed by atoms with Gasteiger partial charge in [-0.05, 0) is 46.0 Å². The van der Waals surface area contributed by atoms with Crippen molar-refractivity contribution < 1.29 is 17.9 Å². The van der Waals surface area contributed by atoms with Crippen LogP contribution in [0.4, 0.5) is 4.79 Å². The molecule has 162 valence electrons. The second kappa shape index (κ2) is 8.88. The van der Waals surface area contributed by atoms with Crippen molar-refractivity contribution in [3.63, 3.8) is 0 Å². The summed E-state index contributed by atoms with van der Waals surface area (Å²) in [4.78, 5) is 16.6. The molecule has 1 amide bonds. The van der Waals surface area contributed by atoms with Crippen LogP contribution in [0.3, 0.4) is 0 Å². The Labute approximate surface area is 170 Å². The maximum atomic E-state index is 12.4. The number of carbonyl (C=O) groups excluding carboxylic acids is 1. The summed E-state index contributed by atoms with van der Waals surface area (Å²) in [6.45, 7) is 9.78. The highest BCUT2D eigenvalue weighted by Crippen LogP contribution is 2.31. The van der Waals surface area contributed by atoms with Crippen LogP contribution in [-0.4, -0.2) is 85.3 Å². The summed E-state index contributed by atoms with van der Waals surface area (Å²) in [7, 11) is -3.08. The van der Waals surface area contributed by atoms with E-state index < -0.39 is 15.6 Å². The number of piperazine rings is 1. The zero-order valence-corrected chi connectivity index (χ0v) is 18.5. The summed E-state index contributed by atoms with van der Waals surface area (Å²) in [5.41, 5.74) is -0.483. The summed E-state index contributed by atoms with van der Waals surface area (Å²) < 4.78 is 32.0. The summed E-state index contributed by atoms with van der Waals surface area (Å²) in [5, 5.41) is 0. The first-order chi connectivity index (χ1) is 13.2. The molecule has 0 bridgehead atoms. The lowest BCUT2D eigenvalue weighted by Crippen LogP contribution is -2.57. The van der Waals surface area contributed by atoms with Crippen molar-refractivity contribution in [2.24, 2.45) is 5.92 Å². The van der Waals surface area contributed by atoms with Gasteiger partial charge in [-0.2, -0.15) is 0 Å². The molecule has 3 rings (SSSR count). The van der Waals surface area contributed by atoms with E-state index in [0.717, 1.165) is 19.5 Å². The average Bonchev–Trinajstić information content (AvgIpc) is 2.97. The van der Waals surface area contributed by atoms with Crippen LogP contribution in [-0.2, 0) is 14.8 Å². The molecule has 2 aliphatic heterocycles. The van der Waals surface area contributed by atoms with E-state index in [0.29, 0.717) is 32.1 Å². The van der Waals surface area contributed by atoms with Crippen molar-refractivity contribution in [2.75, 3.05) is 45.0 Å². The van der Waals surface area contributed by atoms with E-state index in [9.17, 15) is 13.2 Å². The lowest BCUT2D eigenvalue weighted by atomic mass is 9.83. The van der Waals surface area contributed by atoms with Gasteiger partial charge in [0.1, 0.15) is 5.60 Å². The zero-order valence-electron chi connectivity index (χ0n) is 17.7. The first-order valence-corrected chi connectivity index (χ1v) is 12.5. The van der Waals surface area contributed by atoms with Gasteiger partial charge < -0.3 is 9.64 Å². The van der Waals surface area contributed by atoms with E-state index in [2.05, 4.69) is 4.90 Å². The van der Waals surface area contributed by atoms with Crippen LogP contribution in [0.2, 0.25) is 0 Å². The van der Waals surface area contributed by atoms with E-state index in [4.69, 9.17) is 4.74 Å². The van der Waals surface area contributed by atoms with Crippen molar-refractivity contribution >= 4 is 16.1 Å². The van der Waals surface area contributed by atoms with E-state index >= 15 is 0 Å². The fraction of sp³-hybridized carbons (Fsp3) is 0.950. The van der Waals surface area contributed by atoms with Gasteiger partial charge in [0.05, 0.1) is 5.75 Å². The summed E-state index contributed by atoms with van der Waals surface area (Å²) in [6.07, 6.45) is 6.64. The van der Waals surface area contributed by atoms with Gasteiger partial charge in [-0.15, -0.1) is 0 Å². The van der Waals surface area contributed by atoms with Gasteiger partial charge in [-0.3, -0.25) is 4.90 Å². The van der Waals surface area contributed by atoms with Crippen molar-refractivity contribution in [3.05, 3.63) is 0 Å². The Kier molecular flexibility index (Phi) is 6.92. The van der Waals surface area contributed by atoms with E-state index in [1.54, 1.807) is 9.21 Å². The van der Waals surface area contributed by atoms with E-state index in [-0.39, 0.29) is 17.9 Å². The molecule has 0 aromatic rings. The number of carbonyl (C=O) groups is 1. The molecule has 8 heteroatoms. The quantitative estimate of drug-likeness (QED) is 0.706. The minimum Gasteiger partial charge on any atom is -0.444 e. The highest BCUT2D eigenvalue weighted by atomic mass is 32.2. The van der Waals surface area contributed by atoms with Crippen LogP contribution in [0.15, 0.2) is 0 Å². The molecule has 1 unspecified atom stereocenters. The van der Waals surface area contributed by atoms with Gasteiger partial charge in [0, 0.05) is 45.3 Å². The maximum Gasteiger partial charge on any atom is 0.410 e. The predicted molar refractivity (Wildman–Crippen MR) is 110 cm³/mol. The Morgan fingerprint density at radius 3 is 2.18 bits per heavy atom. The van der Waals surface area contributed by atoms with Gasteiger partial charge in [-0.25, -0.2) is 17.5 Å². The molecule has 1 atom stereocenters. The summed E-state index contributed by atoms with van der Waals surface area (Å²) in [5.74, 6) is 0.842. The highest BCUT2D eigenvalue weighted by molar-refractivity contribution is 7.89. The lowest BCUT2D eigenvalue weighted by molar-refractivity contribution is 0.00325. The van der Waals surface area contributed by atoms with Crippen molar-refractivity contribution in [1.29, 1.82) is 0 Å². The molecule has 7 nitrogen and oxygen atoms in total. The topological polar surface area (TPSA) is 70.2 Å². The molecule has 2 saturated heterocycles. The Morgan fingerprint density at radius 2 is 1.64 bits per heavy atom. The summed E-state index contributed by atoms with van der Waals surface area (Å²) >= 11 is 0. The molecular formula is C20H37N3O4S. The van der Waals surface area contributed by atoms with Gasteiger partial charge in [0.15, 0.2) is 0 Å². The third-order valence-corrected chi connectivity index (χ3v) is 8.15. The molecule has 1 saturated carbocycles. The molecule has 3 fully saturated rings. The number of amides is 1. The molecular weight excluding hydrogens is 378 g/mol. The van der Waals surface area contributed by atoms with Gasteiger partial charge in [-0.1, -0.05) is 19.3 Å². The maximum absolute atomic E-state index is 12.4. The average molecular weight is 416 g/mol. The highest BCUT2D eigenvalue weighted by Gasteiger charge is 2.37. The minimum atomic E-state index is -3.08. The molecule has 0 aromatic heterocycles. The van der Waals surface area contributed by atoms with Crippen molar-refractivity contribution in [2.45, 2.75) is 70.9 Å². The normalized spacial score (nSPS) is 26.3. The third-order valence-electron chi connectivity index (χ3n) is 6.22. The van der Waals surface area contributed by atoms with E-state index in [1.165, 1.54) is 32.1 Å². The Balaban J connectivity index is 1.63. The number of nitrogens with zero attached hydrogens (tertiary/aromatic N) is 3. The van der Waals surface area contributed by atoms with Crippen LogP contribution in [0, 0.1) is 5.92 Å². The molecule has 3 aliphatic rings. The SMILES string of the molecule is CC(C)(C)OC(=O)N1CCN(C(CN2CCCS2(=O)=O)C2CCCCC2)CC1. The standard InChI is InChI=1S/C20H37N3O4S/c1-20(2,3)27-19(24)22-13-11-21(12-14-22)18(17-8-5-4-6-9-17)16-23-10-7-15-28(23,25)26/h17-18H,4-16H2,1-3H3. The number of hydrogen-bond donors (Lipinski definition) is 0. The number of sulfonamides is 1. The smallest absolute Gasteiger partial charge is 0.410 e. The van der Waals surface area contributed by atoms with Gasteiger partial charge in [0.25, 0.3) is 0 Å². The van der Waals surface area contributed by atoms with Crippen LogP contribution < -0.4 is 0 Å². The fourth-order valence-electron chi connectivity index (χ4n) is 4.75. The predicted octanol–water partition coefficient (Wildman–Crippen LogP) is 2.52. The first kappa shape index (κ1) is 21.8. The zero-order chi connectivity index (χ0) is 20.4. The fourth-order valence-corrected chi connectivity index (χ4v) is 6.29. The van der Waals surface area contributed by atoms with Crippen molar-refractivity contribution in [1.82, 2.24) is 14.1 Å². The molecule has 28 heavy (non-hydrogen) atoms. The largest absolute Gasteiger partial charge is 0.444 e. The molecule has 0 N–H and O–H groups in total. The third kappa shape index (κ3) is 5.60. The van der Waals surface area contributed by atoms with Crippen LogP contribution in [0.5, 0.6) is 0 Å². The summed E-state index contributed by atoms with van der Waals surface area (Å²) in [6, 6.07) is 0.258. The monoisotopic (exact) mass is 415 g/mol. The molecule has 0 aromatic carbocycles. The second-order valence-corrected chi connectivity index (χ2v) is 11.6. The van der Waals surface area contributed by atoms with Crippen molar-refractivity contribution in [3.8, 4) is 0 Å². The minimum absolute atomic E-state index is 0.247. The number of hydrogen-bond acceptors (Lipinski definition) is 5. The van der Waals surface area contributed by atoms with Gasteiger partial charge >= 0.3 is 6.09 Å². The van der Waals surface area contributed by atoms with Crippen LogP contribution in [0.25, 0.3) is 0 Å². The number of ether oxygens (including phenoxy) is 1. The van der Waals surface area contributed by atoms with Crippen LogP contribution >= 0.6 is 0 Å². The molecule has 2 heterocycles. The van der Waals surface area contributed by atoms with Gasteiger partial charge in [0.2, 0.25) is 10.0 Å². The molecule has 0 spiro atoms. The first-order valence-electron chi connectivity index (χ1n) is 10.9. The Hall–Kier alpha value is -0.860. The molecule has 1 aliphatic carbocycles. The molecule has 0 radical (unpaired) electrons. The van der Waals surface area contributed by atoms with E-state index in [1.807, 2.05) is 20.8 Å². The second-order valence-electron chi connectivity index (χ2n) is 9.50.